The number of ether oxygens (including phenoxy) is 2. The summed E-state index contributed by atoms with van der Waals surface area (Å²) in [5.74, 6) is -0.372. The van der Waals surface area contributed by atoms with Gasteiger partial charge in [-0.2, -0.15) is 0 Å². The molecule has 30 heavy (non-hydrogen) atoms. The maximum atomic E-state index is 12.4. The zero-order valence-corrected chi connectivity index (χ0v) is 16.7. The Labute approximate surface area is 176 Å². The van der Waals surface area contributed by atoms with Crippen molar-refractivity contribution < 1.29 is 19.1 Å². The molecule has 0 aliphatic rings. The van der Waals surface area contributed by atoms with Gasteiger partial charge in [0.15, 0.2) is 0 Å². The molecule has 1 N–H and O–H groups in total. The van der Waals surface area contributed by atoms with Gasteiger partial charge >= 0.3 is 12.1 Å². The molecule has 3 aromatic carbocycles. The number of carbonyl (C=O) groups is 2. The predicted octanol–water partition coefficient (Wildman–Crippen LogP) is 4.66. The summed E-state index contributed by atoms with van der Waals surface area (Å²) in [6, 6.07) is 28.2. The molecule has 3 rings (SSSR count). The Balaban J connectivity index is 1.55. The fourth-order valence-electron chi connectivity index (χ4n) is 3.00. The van der Waals surface area contributed by atoms with E-state index >= 15 is 0 Å². The lowest BCUT2D eigenvalue weighted by molar-refractivity contribution is -0.145. The van der Waals surface area contributed by atoms with E-state index in [9.17, 15) is 9.59 Å². The van der Waals surface area contributed by atoms with E-state index < -0.39 is 12.1 Å². The Morgan fingerprint density at radius 3 is 1.67 bits per heavy atom. The molecule has 3 aromatic rings. The molecule has 1 amide bonds. The van der Waals surface area contributed by atoms with Crippen LogP contribution in [0.5, 0.6) is 0 Å². The van der Waals surface area contributed by atoms with Crippen molar-refractivity contribution in [3.05, 3.63) is 108 Å². The molecule has 0 fully saturated rings. The van der Waals surface area contributed by atoms with Crippen LogP contribution in [0.4, 0.5) is 4.79 Å². The third-order valence-electron chi connectivity index (χ3n) is 4.52. The van der Waals surface area contributed by atoms with Gasteiger partial charge in [-0.15, -0.1) is 0 Å². The Morgan fingerprint density at radius 2 is 1.13 bits per heavy atom. The van der Waals surface area contributed by atoms with Crippen LogP contribution < -0.4 is 5.32 Å². The summed E-state index contributed by atoms with van der Waals surface area (Å²) < 4.78 is 10.7. The molecule has 1 atom stereocenters. The maximum Gasteiger partial charge on any atom is 0.407 e. The summed E-state index contributed by atoms with van der Waals surface area (Å²) >= 11 is 0. The molecule has 0 heterocycles. The SMILES string of the molecule is O=C(C[C@H](Cc1ccccc1)NC(=O)OCc1ccccc1)OCc1ccccc1. The number of nitrogens with one attached hydrogen (secondary N) is 1. The molecule has 0 saturated carbocycles. The van der Waals surface area contributed by atoms with Gasteiger partial charge in [0.1, 0.15) is 13.2 Å². The highest BCUT2D eigenvalue weighted by atomic mass is 16.5. The van der Waals surface area contributed by atoms with Gasteiger partial charge in [0.25, 0.3) is 0 Å². The van der Waals surface area contributed by atoms with Crippen molar-refractivity contribution in [3.63, 3.8) is 0 Å². The number of amides is 1. The number of rotatable bonds is 9. The first-order valence-corrected chi connectivity index (χ1v) is 9.90. The van der Waals surface area contributed by atoms with Crippen molar-refractivity contribution in [2.24, 2.45) is 0 Å². The fourth-order valence-corrected chi connectivity index (χ4v) is 3.00. The van der Waals surface area contributed by atoms with Crippen LogP contribution in [0.2, 0.25) is 0 Å². The summed E-state index contributed by atoms with van der Waals surface area (Å²) in [5, 5.41) is 2.80. The van der Waals surface area contributed by atoms with Crippen molar-refractivity contribution in [1.82, 2.24) is 5.32 Å². The minimum atomic E-state index is -0.560. The molecule has 5 heteroatoms. The minimum absolute atomic E-state index is 0.0577. The van der Waals surface area contributed by atoms with Gasteiger partial charge in [-0.3, -0.25) is 4.79 Å². The highest BCUT2D eigenvalue weighted by molar-refractivity contribution is 5.73. The Bertz CT molecular complexity index is 856. The summed E-state index contributed by atoms with van der Waals surface area (Å²) in [7, 11) is 0. The van der Waals surface area contributed by atoms with E-state index in [-0.39, 0.29) is 25.6 Å². The van der Waals surface area contributed by atoms with Crippen molar-refractivity contribution >= 4 is 12.1 Å². The number of carbonyl (C=O) groups excluding carboxylic acids is 2. The van der Waals surface area contributed by atoms with Crippen LogP contribution in [0.25, 0.3) is 0 Å². The minimum Gasteiger partial charge on any atom is -0.461 e. The van der Waals surface area contributed by atoms with Gasteiger partial charge in [0.2, 0.25) is 0 Å². The quantitative estimate of drug-likeness (QED) is 0.528. The number of hydrogen-bond donors (Lipinski definition) is 1. The smallest absolute Gasteiger partial charge is 0.407 e. The standard InChI is InChI=1S/C25H25NO4/c27-24(29-18-21-12-6-2-7-13-21)17-23(16-20-10-4-1-5-11-20)26-25(28)30-19-22-14-8-3-9-15-22/h1-15,23H,16-19H2,(H,26,28)/t23-/m0/s1. The van der Waals surface area contributed by atoms with Crippen LogP contribution in [-0.2, 0) is 33.9 Å². The number of benzene rings is 3. The molecule has 0 unspecified atom stereocenters. The van der Waals surface area contributed by atoms with Crippen LogP contribution in [-0.4, -0.2) is 18.1 Å². The average Bonchev–Trinajstić information content (AvgIpc) is 2.78. The van der Waals surface area contributed by atoms with Crippen molar-refractivity contribution in [3.8, 4) is 0 Å². The van der Waals surface area contributed by atoms with Crippen LogP contribution in [0.3, 0.4) is 0 Å². The first kappa shape index (κ1) is 21.1. The zero-order valence-electron chi connectivity index (χ0n) is 16.7. The molecule has 0 aromatic heterocycles. The van der Waals surface area contributed by atoms with E-state index in [1.807, 2.05) is 91.0 Å². The molecule has 154 valence electrons. The maximum absolute atomic E-state index is 12.4. The van der Waals surface area contributed by atoms with Gasteiger partial charge < -0.3 is 14.8 Å². The molecule has 0 aliphatic heterocycles. The topological polar surface area (TPSA) is 64.6 Å². The monoisotopic (exact) mass is 403 g/mol. The van der Waals surface area contributed by atoms with Crippen molar-refractivity contribution in [1.29, 1.82) is 0 Å². The normalized spacial score (nSPS) is 11.3. The molecule has 0 saturated heterocycles. The van der Waals surface area contributed by atoms with Gasteiger partial charge in [-0.25, -0.2) is 4.79 Å². The largest absolute Gasteiger partial charge is 0.461 e. The lowest BCUT2D eigenvalue weighted by Crippen LogP contribution is -2.38. The lowest BCUT2D eigenvalue weighted by Gasteiger charge is -2.18. The van der Waals surface area contributed by atoms with Gasteiger partial charge in [0.05, 0.1) is 6.42 Å². The van der Waals surface area contributed by atoms with Gasteiger partial charge in [-0.05, 0) is 23.1 Å². The van der Waals surface area contributed by atoms with E-state index in [1.54, 1.807) is 0 Å². The summed E-state index contributed by atoms with van der Waals surface area (Å²) in [6.45, 7) is 0.374. The molecular weight excluding hydrogens is 378 g/mol. The first-order valence-electron chi connectivity index (χ1n) is 9.90. The molecule has 0 spiro atoms. The van der Waals surface area contributed by atoms with E-state index in [0.717, 1.165) is 16.7 Å². The molecular formula is C25H25NO4. The van der Waals surface area contributed by atoms with Crippen LogP contribution in [0, 0.1) is 0 Å². The van der Waals surface area contributed by atoms with Crippen LogP contribution in [0.15, 0.2) is 91.0 Å². The second-order valence-corrected chi connectivity index (χ2v) is 6.94. The van der Waals surface area contributed by atoms with Crippen molar-refractivity contribution in [2.45, 2.75) is 32.1 Å². The zero-order chi connectivity index (χ0) is 21.0. The van der Waals surface area contributed by atoms with Crippen LogP contribution >= 0.6 is 0 Å². The molecule has 0 bridgehead atoms. The Hall–Kier alpha value is -3.60. The van der Waals surface area contributed by atoms with Gasteiger partial charge in [0, 0.05) is 6.04 Å². The molecule has 0 radical (unpaired) electrons. The lowest BCUT2D eigenvalue weighted by atomic mass is 10.0. The van der Waals surface area contributed by atoms with Crippen molar-refractivity contribution in [2.75, 3.05) is 0 Å². The second kappa shape index (κ2) is 11.4. The third kappa shape index (κ3) is 7.43. The third-order valence-corrected chi connectivity index (χ3v) is 4.52. The summed E-state index contributed by atoms with van der Waals surface area (Å²) in [5.41, 5.74) is 2.83. The Morgan fingerprint density at radius 1 is 0.667 bits per heavy atom. The highest BCUT2D eigenvalue weighted by Crippen LogP contribution is 2.09. The van der Waals surface area contributed by atoms with Gasteiger partial charge in [-0.1, -0.05) is 91.0 Å². The first-order chi connectivity index (χ1) is 14.7. The number of hydrogen-bond acceptors (Lipinski definition) is 4. The van der Waals surface area contributed by atoms with Crippen LogP contribution in [0.1, 0.15) is 23.1 Å². The Kier molecular flexibility index (Phi) is 8.03. The predicted molar refractivity (Wildman–Crippen MR) is 115 cm³/mol. The molecule has 0 aliphatic carbocycles. The average molecular weight is 403 g/mol. The molecule has 5 nitrogen and oxygen atoms in total. The van der Waals surface area contributed by atoms with E-state index in [4.69, 9.17) is 9.47 Å². The highest BCUT2D eigenvalue weighted by Gasteiger charge is 2.19. The fraction of sp³-hybridized carbons (Fsp3) is 0.200. The summed E-state index contributed by atoms with van der Waals surface area (Å²) in [6.07, 6.45) is -0.000186. The number of esters is 1. The van der Waals surface area contributed by atoms with E-state index in [1.165, 1.54) is 0 Å². The summed E-state index contributed by atoms with van der Waals surface area (Å²) in [4.78, 5) is 24.7. The van der Waals surface area contributed by atoms with E-state index in [2.05, 4.69) is 5.32 Å². The second-order valence-electron chi connectivity index (χ2n) is 6.94. The van der Waals surface area contributed by atoms with E-state index in [0.29, 0.717) is 6.42 Å². The number of alkyl carbamates (subject to hydrolysis) is 1.